The minimum atomic E-state index is -2.65. The Morgan fingerprint density at radius 3 is 2.57 bits per heavy atom. The van der Waals surface area contributed by atoms with Gasteiger partial charge in [-0.25, -0.2) is 18.2 Å². The Bertz CT molecular complexity index is 820. The second-order valence-electron chi connectivity index (χ2n) is 5.67. The number of anilines is 1. The van der Waals surface area contributed by atoms with Crippen LogP contribution in [0.1, 0.15) is 24.0 Å². The molecular formula is C16H13BrF3N3. The van der Waals surface area contributed by atoms with Gasteiger partial charge in [0, 0.05) is 41.4 Å². The van der Waals surface area contributed by atoms with Crippen molar-refractivity contribution in [3.05, 3.63) is 33.5 Å². The van der Waals surface area contributed by atoms with E-state index in [4.69, 9.17) is 0 Å². The molecule has 3 rings (SSSR count). The normalized spacial score (nSPS) is 17.3. The second-order valence-corrected chi connectivity index (χ2v) is 6.53. The van der Waals surface area contributed by atoms with Crippen LogP contribution in [0.2, 0.25) is 0 Å². The topological polar surface area (TPSA) is 39.9 Å². The highest BCUT2D eigenvalue weighted by Crippen LogP contribution is 2.35. The molecule has 0 unspecified atom stereocenters. The average molecular weight is 384 g/mol. The van der Waals surface area contributed by atoms with Crippen molar-refractivity contribution in [1.29, 1.82) is 5.26 Å². The van der Waals surface area contributed by atoms with Crippen LogP contribution in [0.4, 0.5) is 19.0 Å². The quantitative estimate of drug-likeness (QED) is 0.724. The van der Waals surface area contributed by atoms with Gasteiger partial charge in [0.1, 0.15) is 17.7 Å². The predicted molar refractivity (Wildman–Crippen MR) is 85.2 cm³/mol. The van der Waals surface area contributed by atoms with Crippen molar-refractivity contribution in [2.75, 3.05) is 18.0 Å². The molecule has 0 saturated carbocycles. The third kappa shape index (κ3) is 2.88. The summed E-state index contributed by atoms with van der Waals surface area (Å²) >= 11 is 3.26. The van der Waals surface area contributed by atoms with Gasteiger partial charge >= 0.3 is 0 Å². The van der Waals surface area contributed by atoms with E-state index < -0.39 is 11.7 Å². The second kappa shape index (κ2) is 5.68. The molecule has 1 fully saturated rings. The highest BCUT2D eigenvalue weighted by molar-refractivity contribution is 9.10. The van der Waals surface area contributed by atoms with Crippen molar-refractivity contribution in [1.82, 2.24) is 4.98 Å². The molecule has 2 aromatic rings. The smallest absolute Gasteiger partial charge is 0.251 e. The van der Waals surface area contributed by atoms with Crippen LogP contribution in [0.25, 0.3) is 10.9 Å². The van der Waals surface area contributed by atoms with Gasteiger partial charge in [-0.1, -0.05) is 0 Å². The first-order valence-corrected chi connectivity index (χ1v) is 7.94. The van der Waals surface area contributed by atoms with Crippen LogP contribution in [-0.2, 0) is 0 Å². The van der Waals surface area contributed by atoms with Crippen LogP contribution < -0.4 is 4.90 Å². The van der Waals surface area contributed by atoms with Crippen molar-refractivity contribution in [3.63, 3.8) is 0 Å². The molecule has 7 heteroatoms. The summed E-state index contributed by atoms with van der Waals surface area (Å²) < 4.78 is 40.8. The maximum atomic E-state index is 13.6. The van der Waals surface area contributed by atoms with Gasteiger partial charge in [0.2, 0.25) is 0 Å². The Kier molecular flexibility index (Phi) is 3.96. The maximum Gasteiger partial charge on any atom is 0.251 e. The van der Waals surface area contributed by atoms with Crippen molar-refractivity contribution < 1.29 is 13.2 Å². The summed E-state index contributed by atoms with van der Waals surface area (Å²) in [6.07, 6.45) is -0.475. The number of nitriles is 1. The molecular weight excluding hydrogens is 371 g/mol. The number of hydrogen-bond donors (Lipinski definition) is 0. The Hall–Kier alpha value is -1.81. The number of rotatable bonds is 1. The molecule has 1 aliphatic rings. The van der Waals surface area contributed by atoms with Crippen molar-refractivity contribution in [2.24, 2.45) is 0 Å². The summed E-state index contributed by atoms with van der Waals surface area (Å²) in [5, 5.41) is 9.87. The predicted octanol–water partition coefficient (Wildman–Crippen LogP) is 4.55. The lowest BCUT2D eigenvalue weighted by Gasteiger charge is -2.33. The summed E-state index contributed by atoms with van der Waals surface area (Å²) in [5.74, 6) is -2.60. The molecule has 1 aromatic carbocycles. The summed E-state index contributed by atoms with van der Waals surface area (Å²) in [7, 11) is 0. The van der Waals surface area contributed by atoms with E-state index in [9.17, 15) is 18.4 Å². The van der Waals surface area contributed by atoms with Crippen LogP contribution in [0.5, 0.6) is 0 Å². The van der Waals surface area contributed by atoms with E-state index in [1.807, 2.05) is 0 Å². The zero-order valence-corrected chi connectivity index (χ0v) is 13.9. The molecule has 1 aliphatic heterocycles. The molecule has 0 bridgehead atoms. The fourth-order valence-corrected chi connectivity index (χ4v) is 3.39. The van der Waals surface area contributed by atoms with Gasteiger partial charge < -0.3 is 4.90 Å². The van der Waals surface area contributed by atoms with Crippen LogP contribution in [0.3, 0.4) is 0 Å². The first-order chi connectivity index (χ1) is 10.8. The molecule has 0 amide bonds. The van der Waals surface area contributed by atoms with Gasteiger partial charge in [0.25, 0.3) is 5.92 Å². The molecule has 0 N–H and O–H groups in total. The average Bonchev–Trinajstić information content (AvgIpc) is 2.47. The number of hydrogen-bond acceptors (Lipinski definition) is 3. The summed E-state index contributed by atoms with van der Waals surface area (Å²) in [6, 6.07) is 4.63. The number of fused-ring (bicyclic) bond motifs is 1. The number of nitrogens with zero attached hydrogens (tertiary/aromatic N) is 3. The summed E-state index contributed by atoms with van der Waals surface area (Å²) in [4.78, 5) is 6.28. The molecule has 23 heavy (non-hydrogen) atoms. The van der Waals surface area contributed by atoms with Gasteiger partial charge in [0.05, 0.1) is 11.1 Å². The molecule has 0 aliphatic carbocycles. The molecule has 0 radical (unpaired) electrons. The van der Waals surface area contributed by atoms with Crippen molar-refractivity contribution >= 4 is 32.7 Å². The molecule has 1 aromatic heterocycles. The fraction of sp³-hybridized carbons (Fsp3) is 0.375. The molecule has 120 valence electrons. The van der Waals surface area contributed by atoms with Crippen molar-refractivity contribution in [2.45, 2.75) is 25.7 Å². The van der Waals surface area contributed by atoms with Crippen LogP contribution >= 0.6 is 15.9 Å². The third-order valence-electron chi connectivity index (χ3n) is 4.13. The van der Waals surface area contributed by atoms with Crippen LogP contribution in [-0.4, -0.2) is 24.0 Å². The fourth-order valence-electron chi connectivity index (χ4n) is 2.87. The van der Waals surface area contributed by atoms with Gasteiger partial charge in [-0.2, -0.15) is 5.26 Å². The minimum Gasteiger partial charge on any atom is -0.356 e. The van der Waals surface area contributed by atoms with E-state index in [1.54, 1.807) is 11.8 Å². The standard InChI is InChI=1S/C16H13BrF3N3/c1-9-12(8-21)11-6-10(18)7-13(17)14(11)22-15(9)23-4-2-16(19,20)3-5-23/h6-7H,2-5H2,1H3. The van der Waals surface area contributed by atoms with Crippen LogP contribution in [0, 0.1) is 24.1 Å². The molecule has 1 saturated heterocycles. The largest absolute Gasteiger partial charge is 0.356 e. The molecule has 2 heterocycles. The minimum absolute atomic E-state index is 0.177. The zero-order valence-electron chi connectivity index (χ0n) is 12.3. The van der Waals surface area contributed by atoms with Gasteiger partial charge in [-0.3, -0.25) is 0 Å². The first-order valence-electron chi connectivity index (χ1n) is 7.14. The van der Waals surface area contributed by atoms with Gasteiger partial charge in [-0.15, -0.1) is 0 Å². The highest BCUT2D eigenvalue weighted by atomic mass is 79.9. The zero-order chi connectivity index (χ0) is 16.8. The van der Waals surface area contributed by atoms with E-state index >= 15 is 0 Å². The Morgan fingerprint density at radius 1 is 1.30 bits per heavy atom. The van der Waals surface area contributed by atoms with E-state index in [0.717, 1.165) is 0 Å². The summed E-state index contributed by atoms with van der Waals surface area (Å²) in [5.41, 5.74) is 1.37. The number of halogens is 4. The lowest BCUT2D eigenvalue weighted by Crippen LogP contribution is -2.40. The van der Waals surface area contributed by atoms with Gasteiger partial charge in [0.15, 0.2) is 0 Å². The SMILES string of the molecule is Cc1c(N2CCC(F)(F)CC2)nc2c(Br)cc(F)cc2c1C#N. The van der Waals surface area contributed by atoms with E-state index in [1.165, 1.54) is 12.1 Å². The Balaban J connectivity index is 2.16. The van der Waals surface area contributed by atoms with Gasteiger partial charge in [-0.05, 0) is 35.0 Å². The third-order valence-corrected chi connectivity index (χ3v) is 4.74. The number of piperidine rings is 1. The highest BCUT2D eigenvalue weighted by Gasteiger charge is 2.35. The number of benzene rings is 1. The maximum absolute atomic E-state index is 13.6. The lowest BCUT2D eigenvalue weighted by atomic mass is 10.0. The molecule has 0 atom stereocenters. The van der Waals surface area contributed by atoms with E-state index in [2.05, 4.69) is 27.0 Å². The Labute approximate surface area is 139 Å². The molecule has 3 nitrogen and oxygen atoms in total. The summed E-state index contributed by atoms with van der Waals surface area (Å²) in [6.45, 7) is 2.07. The van der Waals surface area contributed by atoms with Crippen molar-refractivity contribution in [3.8, 4) is 6.07 Å². The lowest BCUT2D eigenvalue weighted by molar-refractivity contribution is -0.0221. The Morgan fingerprint density at radius 2 is 1.96 bits per heavy atom. The van der Waals surface area contributed by atoms with E-state index in [-0.39, 0.29) is 25.9 Å². The number of aromatic nitrogens is 1. The first kappa shape index (κ1) is 16.1. The van der Waals surface area contributed by atoms with Crippen LogP contribution in [0.15, 0.2) is 16.6 Å². The molecule has 0 spiro atoms. The number of pyridine rings is 1. The number of alkyl halides is 2. The monoisotopic (exact) mass is 383 g/mol. The van der Waals surface area contributed by atoms with E-state index in [0.29, 0.717) is 32.3 Å².